The highest BCUT2D eigenvalue weighted by molar-refractivity contribution is 6.28. The summed E-state index contributed by atoms with van der Waals surface area (Å²) in [6.07, 6.45) is 3.21. The number of anilines is 1. The zero-order valence-corrected chi connectivity index (χ0v) is 10.8. The van der Waals surface area contributed by atoms with Crippen LogP contribution in [0.2, 0.25) is 5.28 Å². The number of aromatic nitrogens is 3. The standard InChI is InChI=1S/C11H15ClN4O2/c12-9-13-10(16-4-1-2-5-16)15-11(14-9)18-8-3-6-17-7-8/h8H,1-7H2. The molecule has 0 spiro atoms. The van der Waals surface area contributed by atoms with Crippen LogP contribution in [-0.4, -0.2) is 47.4 Å². The molecule has 0 amide bonds. The maximum Gasteiger partial charge on any atom is 0.322 e. The molecule has 0 saturated carbocycles. The molecule has 2 saturated heterocycles. The van der Waals surface area contributed by atoms with E-state index in [2.05, 4.69) is 19.9 Å². The third kappa shape index (κ3) is 2.64. The van der Waals surface area contributed by atoms with Gasteiger partial charge < -0.3 is 14.4 Å². The van der Waals surface area contributed by atoms with Crippen LogP contribution in [0.3, 0.4) is 0 Å². The summed E-state index contributed by atoms with van der Waals surface area (Å²) in [6.45, 7) is 3.24. The lowest BCUT2D eigenvalue weighted by Gasteiger charge is -2.16. The number of ether oxygens (including phenoxy) is 2. The predicted molar refractivity (Wildman–Crippen MR) is 66.1 cm³/mol. The molecule has 2 aliphatic rings. The molecule has 1 unspecified atom stereocenters. The number of nitrogens with zero attached hydrogens (tertiary/aromatic N) is 4. The molecule has 0 N–H and O–H groups in total. The lowest BCUT2D eigenvalue weighted by Crippen LogP contribution is -2.23. The molecule has 0 radical (unpaired) electrons. The van der Waals surface area contributed by atoms with E-state index in [-0.39, 0.29) is 11.4 Å². The molecule has 2 fully saturated rings. The predicted octanol–water partition coefficient (Wildman–Crippen LogP) is 1.29. The molecular formula is C11H15ClN4O2. The Morgan fingerprint density at radius 2 is 2.06 bits per heavy atom. The molecule has 0 aliphatic carbocycles. The van der Waals surface area contributed by atoms with Gasteiger partial charge in [-0.15, -0.1) is 0 Å². The van der Waals surface area contributed by atoms with E-state index >= 15 is 0 Å². The first-order valence-electron chi connectivity index (χ1n) is 6.22. The van der Waals surface area contributed by atoms with Gasteiger partial charge >= 0.3 is 6.01 Å². The molecular weight excluding hydrogens is 256 g/mol. The second-order valence-electron chi connectivity index (χ2n) is 4.48. The smallest absolute Gasteiger partial charge is 0.322 e. The minimum atomic E-state index is 0.0231. The highest BCUT2D eigenvalue weighted by Gasteiger charge is 2.21. The van der Waals surface area contributed by atoms with Crippen LogP contribution < -0.4 is 9.64 Å². The first-order valence-corrected chi connectivity index (χ1v) is 6.60. The molecule has 1 aromatic heterocycles. The Bertz CT molecular complexity index is 420. The summed E-state index contributed by atoms with van der Waals surface area (Å²) >= 11 is 5.91. The first kappa shape index (κ1) is 11.9. The van der Waals surface area contributed by atoms with Crippen LogP contribution >= 0.6 is 11.6 Å². The van der Waals surface area contributed by atoms with Crippen molar-refractivity contribution in [3.63, 3.8) is 0 Å². The maximum atomic E-state index is 5.91. The van der Waals surface area contributed by atoms with Gasteiger partial charge in [0.05, 0.1) is 13.2 Å². The number of halogens is 1. The summed E-state index contributed by atoms with van der Waals surface area (Å²) in [4.78, 5) is 14.6. The van der Waals surface area contributed by atoms with Gasteiger partial charge in [-0.25, -0.2) is 0 Å². The quantitative estimate of drug-likeness (QED) is 0.825. The fraction of sp³-hybridized carbons (Fsp3) is 0.727. The second kappa shape index (κ2) is 5.24. The molecule has 6 nitrogen and oxygen atoms in total. The van der Waals surface area contributed by atoms with Crippen molar-refractivity contribution >= 4 is 17.5 Å². The van der Waals surface area contributed by atoms with E-state index in [1.807, 2.05) is 0 Å². The Labute approximate surface area is 110 Å². The second-order valence-corrected chi connectivity index (χ2v) is 4.82. The van der Waals surface area contributed by atoms with Crippen molar-refractivity contribution < 1.29 is 9.47 Å². The molecule has 1 aromatic rings. The summed E-state index contributed by atoms with van der Waals surface area (Å²) in [5, 5.41) is 0.181. The first-order chi connectivity index (χ1) is 8.81. The van der Waals surface area contributed by atoms with E-state index in [1.165, 1.54) is 0 Å². The Kier molecular flexibility index (Phi) is 3.47. The van der Waals surface area contributed by atoms with Crippen LogP contribution in [0.1, 0.15) is 19.3 Å². The third-order valence-corrected chi connectivity index (χ3v) is 3.29. The lowest BCUT2D eigenvalue weighted by atomic mass is 10.3. The molecule has 1 atom stereocenters. The van der Waals surface area contributed by atoms with Crippen LogP contribution in [0.15, 0.2) is 0 Å². The number of rotatable bonds is 3. The van der Waals surface area contributed by atoms with Gasteiger partial charge in [0.25, 0.3) is 0 Å². The molecule has 2 aliphatic heterocycles. The Balaban J connectivity index is 1.76. The molecule has 0 bridgehead atoms. The summed E-state index contributed by atoms with van der Waals surface area (Å²) in [5.41, 5.74) is 0. The molecule has 98 valence electrons. The van der Waals surface area contributed by atoms with Crippen LogP contribution in [0.4, 0.5) is 5.95 Å². The largest absolute Gasteiger partial charge is 0.457 e. The van der Waals surface area contributed by atoms with E-state index < -0.39 is 0 Å². The maximum absolute atomic E-state index is 5.91. The Morgan fingerprint density at radius 3 is 2.78 bits per heavy atom. The van der Waals surface area contributed by atoms with Crippen LogP contribution in [0.25, 0.3) is 0 Å². The van der Waals surface area contributed by atoms with Gasteiger partial charge in [-0.2, -0.15) is 15.0 Å². The van der Waals surface area contributed by atoms with E-state index in [1.54, 1.807) is 0 Å². The van der Waals surface area contributed by atoms with Crippen LogP contribution in [0, 0.1) is 0 Å². The molecule has 3 heterocycles. The summed E-state index contributed by atoms with van der Waals surface area (Å²) in [6, 6.07) is 0.299. The highest BCUT2D eigenvalue weighted by Crippen LogP contribution is 2.21. The van der Waals surface area contributed by atoms with Crippen LogP contribution in [-0.2, 0) is 4.74 Å². The van der Waals surface area contributed by atoms with Gasteiger partial charge in [0.15, 0.2) is 0 Å². The Hall–Kier alpha value is -1.14. The van der Waals surface area contributed by atoms with Crippen molar-refractivity contribution in [2.75, 3.05) is 31.2 Å². The lowest BCUT2D eigenvalue weighted by molar-refractivity contribution is 0.134. The highest BCUT2D eigenvalue weighted by atomic mass is 35.5. The van der Waals surface area contributed by atoms with Crippen molar-refractivity contribution in [3.8, 4) is 6.01 Å². The summed E-state index contributed by atoms with van der Waals surface area (Å²) < 4.78 is 10.9. The van der Waals surface area contributed by atoms with Gasteiger partial charge in [0.1, 0.15) is 6.10 Å². The van der Waals surface area contributed by atoms with Crippen molar-refractivity contribution in [2.24, 2.45) is 0 Å². The molecule has 0 aromatic carbocycles. The van der Waals surface area contributed by atoms with E-state index in [0.717, 1.165) is 39.0 Å². The van der Waals surface area contributed by atoms with Crippen LogP contribution in [0.5, 0.6) is 6.01 Å². The molecule has 18 heavy (non-hydrogen) atoms. The Morgan fingerprint density at radius 1 is 1.22 bits per heavy atom. The molecule has 3 rings (SSSR count). The average molecular weight is 271 g/mol. The minimum absolute atomic E-state index is 0.0231. The fourth-order valence-electron chi connectivity index (χ4n) is 2.19. The molecule has 7 heteroatoms. The van der Waals surface area contributed by atoms with Crippen molar-refractivity contribution in [1.82, 2.24) is 15.0 Å². The monoisotopic (exact) mass is 270 g/mol. The zero-order valence-electron chi connectivity index (χ0n) is 10.0. The van der Waals surface area contributed by atoms with Gasteiger partial charge in [-0.05, 0) is 24.4 Å². The van der Waals surface area contributed by atoms with Gasteiger partial charge in [-0.3, -0.25) is 0 Å². The number of hydrogen-bond donors (Lipinski definition) is 0. The van der Waals surface area contributed by atoms with Gasteiger partial charge in [0, 0.05) is 19.5 Å². The van der Waals surface area contributed by atoms with Gasteiger partial charge in [-0.1, -0.05) is 0 Å². The topological polar surface area (TPSA) is 60.4 Å². The minimum Gasteiger partial charge on any atom is -0.457 e. The number of hydrogen-bond acceptors (Lipinski definition) is 6. The SMILES string of the molecule is Clc1nc(OC2CCOC2)nc(N2CCCC2)n1. The summed E-state index contributed by atoms with van der Waals surface area (Å²) in [5.74, 6) is 0.612. The zero-order chi connectivity index (χ0) is 12.4. The van der Waals surface area contributed by atoms with E-state index in [0.29, 0.717) is 18.6 Å². The average Bonchev–Trinajstić information content (AvgIpc) is 3.00. The van der Waals surface area contributed by atoms with Crippen molar-refractivity contribution in [1.29, 1.82) is 0 Å². The van der Waals surface area contributed by atoms with E-state index in [9.17, 15) is 0 Å². The van der Waals surface area contributed by atoms with Crippen molar-refractivity contribution in [3.05, 3.63) is 5.28 Å². The summed E-state index contributed by atoms with van der Waals surface area (Å²) in [7, 11) is 0. The third-order valence-electron chi connectivity index (χ3n) is 3.12. The van der Waals surface area contributed by atoms with Crippen molar-refractivity contribution in [2.45, 2.75) is 25.4 Å². The van der Waals surface area contributed by atoms with Gasteiger partial charge in [0.2, 0.25) is 11.2 Å². The normalized spacial score (nSPS) is 23.6. The van der Waals surface area contributed by atoms with E-state index in [4.69, 9.17) is 21.1 Å². The fourth-order valence-corrected chi connectivity index (χ4v) is 2.34.